The Morgan fingerprint density at radius 3 is 2.19 bits per heavy atom. The molecule has 26 heavy (non-hydrogen) atoms. The summed E-state index contributed by atoms with van der Waals surface area (Å²) < 4.78 is 0. The van der Waals surface area contributed by atoms with Gasteiger partial charge in [-0.15, -0.1) is 10.2 Å². The Kier molecular flexibility index (Phi) is 4.98. The number of nitrogens with zero attached hydrogens (tertiary/aromatic N) is 4. The molecule has 1 aliphatic heterocycles. The van der Waals surface area contributed by atoms with Crippen molar-refractivity contribution in [2.45, 2.75) is 12.8 Å². The topological polar surface area (TPSA) is 41.9 Å². The first kappa shape index (κ1) is 17.5. The third kappa shape index (κ3) is 3.50. The standard InChI is InChI=1S/C19H15Cl3N4/c20-13-5-3-12(4-6-13)17-19(26-9-1-2-10-26)23-18(25-24-17)15-8-7-14(21)11-16(15)22/h3-8,11H,1-2,9-10H2. The normalized spacial score (nSPS) is 14.0. The first-order chi connectivity index (χ1) is 12.6. The Morgan fingerprint density at radius 2 is 1.50 bits per heavy atom. The van der Waals surface area contributed by atoms with Crippen LogP contribution in [-0.2, 0) is 0 Å². The van der Waals surface area contributed by atoms with E-state index in [0.29, 0.717) is 26.5 Å². The maximum atomic E-state index is 6.33. The summed E-state index contributed by atoms with van der Waals surface area (Å²) in [6.07, 6.45) is 2.28. The van der Waals surface area contributed by atoms with Crippen molar-refractivity contribution in [1.29, 1.82) is 0 Å². The first-order valence-corrected chi connectivity index (χ1v) is 9.46. The number of anilines is 1. The molecule has 0 N–H and O–H groups in total. The van der Waals surface area contributed by atoms with Crippen molar-refractivity contribution in [3.8, 4) is 22.6 Å². The molecule has 0 amide bonds. The van der Waals surface area contributed by atoms with Crippen LogP contribution in [0.3, 0.4) is 0 Å². The molecule has 4 rings (SSSR count). The van der Waals surface area contributed by atoms with Crippen LogP contribution in [-0.4, -0.2) is 28.3 Å². The molecule has 0 bridgehead atoms. The van der Waals surface area contributed by atoms with Crippen LogP contribution in [0, 0.1) is 0 Å². The Hall–Kier alpha value is -1.88. The highest BCUT2D eigenvalue weighted by molar-refractivity contribution is 6.36. The summed E-state index contributed by atoms with van der Waals surface area (Å²) in [4.78, 5) is 7.05. The Balaban J connectivity index is 1.83. The molecular formula is C19H15Cl3N4. The van der Waals surface area contributed by atoms with Crippen molar-refractivity contribution in [1.82, 2.24) is 15.2 Å². The van der Waals surface area contributed by atoms with E-state index in [1.54, 1.807) is 12.1 Å². The van der Waals surface area contributed by atoms with Crippen molar-refractivity contribution in [3.63, 3.8) is 0 Å². The highest BCUT2D eigenvalue weighted by Gasteiger charge is 2.22. The van der Waals surface area contributed by atoms with Crippen LogP contribution in [0.1, 0.15) is 12.8 Å². The maximum absolute atomic E-state index is 6.33. The van der Waals surface area contributed by atoms with Gasteiger partial charge < -0.3 is 4.90 Å². The second-order valence-corrected chi connectivity index (χ2v) is 7.41. The quantitative estimate of drug-likeness (QED) is 0.555. The third-order valence-corrected chi connectivity index (χ3v) is 5.16. The van der Waals surface area contributed by atoms with Gasteiger partial charge in [0.15, 0.2) is 11.6 Å². The molecule has 1 aromatic heterocycles. The summed E-state index contributed by atoms with van der Waals surface area (Å²) in [5.74, 6) is 1.31. The largest absolute Gasteiger partial charge is 0.355 e. The van der Waals surface area contributed by atoms with Crippen LogP contribution < -0.4 is 4.90 Å². The van der Waals surface area contributed by atoms with Gasteiger partial charge in [0.2, 0.25) is 0 Å². The van der Waals surface area contributed by atoms with Crippen LogP contribution in [0.2, 0.25) is 15.1 Å². The zero-order valence-corrected chi connectivity index (χ0v) is 16.1. The smallest absolute Gasteiger partial charge is 0.185 e. The van der Waals surface area contributed by atoms with Gasteiger partial charge in [-0.25, -0.2) is 4.98 Å². The Bertz CT molecular complexity index is 938. The average Bonchev–Trinajstić information content (AvgIpc) is 3.17. The summed E-state index contributed by atoms with van der Waals surface area (Å²) in [6, 6.07) is 12.8. The fraction of sp³-hybridized carbons (Fsp3) is 0.211. The lowest BCUT2D eigenvalue weighted by Gasteiger charge is -2.20. The van der Waals surface area contributed by atoms with E-state index in [4.69, 9.17) is 39.8 Å². The lowest BCUT2D eigenvalue weighted by molar-refractivity contribution is 0.896. The van der Waals surface area contributed by atoms with Crippen molar-refractivity contribution in [2.24, 2.45) is 0 Å². The van der Waals surface area contributed by atoms with Crippen molar-refractivity contribution >= 4 is 40.6 Å². The summed E-state index contributed by atoms with van der Waals surface area (Å²) in [5.41, 5.74) is 2.40. The van der Waals surface area contributed by atoms with E-state index in [2.05, 4.69) is 15.1 Å². The Morgan fingerprint density at radius 1 is 0.808 bits per heavy atom. The monoisotopic (exact) mass is 404 g/mol. The number of hydrogen-bond acceptors (Lipinski definition) is 4. The lowest BCUT2D eigenvalue weighted by Crippen LogP contribution is -2.21. The van der Waals surface area contributed by atoms with Gasteiger partial charge in [-0.2, -0.15) is 0 Å². The number of benzene rings is 2. The van der Waals surface area contributed by atoms with Crippen molar-refractivity contribution < 1.29 is 0 Å². The average molecular weight is 406 g/mol. The molecular weight excluding hydrogens is 391 g/mol. The van der Waals surface area contributed by atoms with Crippen molar-refractivity contribution in [3.05, 3.63) is 57.5 Å². The van der Waals surface area contributed by atoms with Gasteiger partial charge in [-0.05, 0) is 43.2 Å². The van der Waals surface area contributed by atoms with E-state index in [1.165, 1.54) is 0 Å². The minimum Gasteiger partial charge on any atom is -0.355 e. The van der Waals surface area contributed by atoms with Gasteiger partial charge in [-0.3, -0.25) is 0 Å². The summed E-state index contributed by atoms with van der Waals surface area (Å²) in [5, 5.41) is 10.6. The molecule has 2 heterocycles. The zero-order chi connectivity index (χ0) is 18.1. The highest BCUT2D eigenvalue weighted by Crippen LogP contribution is 2.33. The molecule has 1 fully saturated rings. The van der Waals surface area contributed by atoms with E-state index in [0.717, 1.165) is 43.0 Å². The van der Waals surface area contributed by atoms with Crippen LogP contribution in [0.15, 0.2) is 42.5 Å². The number of rotatable bonds is 3. The Labute approximate surface area is 166 Å². The van der Waals surface area contributed by atoms with Gasteiger partial charge >= 0.3 is 0 Å². The molecule has 0 aliphatic carbocycles. The van der Waals surface area contributed by atoms with E-state index in [1.807, 2.05) is 30.3 Å². The van der Waals surface area contributed by atoms with Gasteiger partial charge in [-0.1, -0.05) is 46.9 Å². The van der Waals surface area contributed by atoms with E-state index in [-0.39, 0.29) is 0 Å². The molecule has 7 heteroatoms. The molecule has 2 aromatic carbocycles. The molecule has 4 nitrogen and oxygen atoms in total. The predicted molar refractivity (Wildman–Crippen MR) is 107 cm³/mol. The molecule has 3 aromatic rings. The number of aromatic nitrogens is 3. The maximum Gasteiger partial charge on any atom is 0.185 e. The zero-order valence-electron chi connectivity index (χ0n) is 13.8. The molecule has 0 saturated carbocycles. The summed E-state index contributed by atoms with van der Waals surface area (Å²) in [7, 11) is 0. The second-order valence-electron chi connectivity index (χ2n) is 6.13. The minimum absolute atomic E-state index is 0.492. The SMILES string of the molecule is Clc1ccc(-c2nnc(-c3ccc(Cl)cc3Cl)nc2N2CCCC2)cc1. The lowest BCUT2D eigenvalue weighted by atomic mass is 10.1. The summed E-state index contributed by atoms with van der Waals surface area (Å²) >= 11 is 18.3. The van der Waals surface area contributed by atoms with Crippen molar-refractivity contribution in [2.75, 3.05) is 18.0 Å². The van der Waals surface area contributed by atoms with E-state index in [9.17, 15) is 0 Å². The fourth-order valence-electron chi connectivity index (χ4n) is 3.05. The minimum atomic E-state index is 0.492. The molecule has 0 atom stereocenters. The number of halogens is 3. The van der Waals surface area contributed by atoms with Crippen LogP contribution in [0.25, 0.3) is 22.6 Å². The van der Waals surface area contributed by atoms with E-state index >= 15 is 0 Å². The van der Waals surface area contributed by atoms with E-state index < -0.39 is 0 Å². The molecule has 0 spiro atoms. The molecule has 0 unspecified atom stereocenters. The highest BCUT2D eigenvalue weighted by atomic mass is 35.5. The van der Waals surface area contributed by atoms with Crippen LogP contribution >= 0.6 is 34.8 Å². The van der Waals surface area contributed by atoms with Crippen LogP contribution in [0.4, 0.5) is 5.82 Å². The first-order valence-electron chi connectivity index (χ1n) is 8.33. The predicted octanol–water partition coefficient (Wildman–Crippen LogP) is 5.77. The third-order valence-electron chi connectivity index (χ3n) is 4.36. The van der Waals surface area contributed by atoms with Gasteiger partial charge in [0, 0.05) is 34.3 Å². The molecule has 1 saturated heterocycles. The second kappa shape index (κ2) is 7.39. The van der Waals surface area contributed by atoms with Gasteiger partial charge in [0.25, 0.3) is 0 Å². The molecule has 132 valence electrons. The molecule has 1 aliphatic rings. The van der Waals surface area contributed by atoms with Gasteiger partial charge in [0.05, 0.1) is 5.02 Å². The molecule has 0 radical (unpaired) electrons. The van der Waals surface area contributed by atoms with Gasteiger partial charge in [0.1, 0.15) is 5.69 Å². The fourth-order valence-corrected chi connectivity index (χ4v) is 3.67. The summed E-state index contributed by atoms with van der Waals surface area (Å²) in [6.45, 7) is 1.90. The number of hydrogen-bond donors (Lipinski definition) is 0. The van der Waals surface area contributed by atoms with Crippen LogP contribution in [0.5, 0.6) is 0 Å².